The normalized spacial score (nSPS) is 14.5. The van der Waals surface area contributed by atoms with Gasteiger partial charge in [-0.1, -0.05) is 17.7 Å². The van der Waals surface area contributed by atoms with E-state index in [4.69, 9.17) is 11.6 Å². The van der Waals surface area contributed by atoms with Gasteiger partial charge in [0.15, 0.2) is 0 Å². The topological polar surface area (TPSA) is 32.3 Å². The Morgan fingerprint density at radius 3 is 2.92 bits per heavy atom. The third-order valence-electron chi connectivity index (χ3n) is 2.20. The van der Waals surface area contributed by atoms with Crippen LogP contribution in [0.15, 0.2) is 12.1 Å². The van der Waals surface area contributed by atoms with Crippen molar-refractivity contribution in [2.45, 2.75) is 13.0 Å². The Labute approximate surface area is 88.3 Å². The molecule has 2 nitrogen and oxygen atoms in total. The van der Waals surface area contributed by atoms with Gasteiger partial charge in [-0.2, -0.15) is 0 Å². The van der Waals surface area contributed by atoms with E-state index < -0.39 is 0 Å². The molecular weight excluding hydrogens is 209 g/mol. The number of phenols is 1. The molecule has 0 aromatic heterocycles. The van der Waals surface area contributed by atoms with Crippen LogP contribution in [0.1, 0.15) is 11.1 Å². The fraction of sp³-hybridized carbons (Fsp3) is 0.333. The molecule has 1 aromatic carbocycles. The maximum atomic E-state index is 9.58. The summed E-state index contributed by atoms with van der Waals surface area (Å²) in [6, 6.07) is 3.70. The van der Waals surface area contributed by atoms with Gasteiger partial charge in [-0.05, 0) is 24.6 Å². The van der Waals surface area contributed by atoms with Crippen molar-refractivity contribution in [3.05, 3.63) is 28.3 Å². The van der Waals surface area contributed by atoms with E-state index in [1.165, 1.54) is 0 Å². The highest BCUT2D eigenvalue weighted by Crippen LogP contribution is 2.31. The second-order valence-electron chi connectivity index (χ2n) is 2.96. The van der Waals surface area contributed by atoms with Crippen molar-refractivity contribution < 1.29 is 5.11 Å². The molecule has 2 rings (SSSR count). The zero-order valence-corrected chi connectivity index (χ0v) is 8.58. The molecule has 0 radical (unpaired) electrons. The first-order chi connectivity index (χ1) is 5.79. The zero-order valence-electron chi connectivity index (χ0n) is 7.01. The first-order valence-corrected chi connectivity index (χ1v) is 4.37. The van der Waals surface area contributed by atoms with Gasteiger partial charge in [0.05, 0.1) is 5.02 Å². The van der Waals surface area contributed by atoms with Crippen LogP contribution in [0, 0.1) is 0 Å². The molecular formula is C9H11Cl2NO. The molecule has 1 aliphatic rings. The molecule has 0 bridgehead atoms. The van der Waals surface area contributed by atoms with Crippen LogP contribution in [-0.4, -0.2) is 11.7 Å². The summed E-state index contributed by atoms with van der Waals surface area (Å²) in [5, 5.41) is 13.3. The summed E-state index contributed by atoms with van der Waals surface area (Å²) in [6.07, 6.45) is 0.863. The highest BCUT2D eigenvalue weighted by Gasteiger charge is 2.14. The molecule has 1 heterocycles. The fourth-order valence-electron chi connectivity index (χ4n) is 1.53. The van der Waals surface area contributed by atoms with Gasteiger partial charge in [-0.15, -0.1) is 12.4 Å². The van der Waals surface area contributed by atoms with Crippen LogP contribution in [-0.2, 0) is 13.0 Å². The van der Waals surface area contributed by atoms with E-state index in [0.717, 1.165) is 30.6 Å². The van der Waals surface area contributed by atoms with Crippen molar-refractivity contribution in [2.24, 2.45) is 0 Å². The second-order valence-corrected chi connectivity index (χ2v) is 3.37. The maximum Gasteiger partial charge on any atom is 0.137 e. The van der Waals surface area contributed by atoms with Crippen LogP contribution in [0.2, 0.25) is 5.02 Å². The van der Waals surface area contributed by atoms with Crippen LogP contribution in [0.5, 0.6) is 5.75 Å². The first-order valence-electron chi connectivity index (χ1n) is 3.99. The third kappa shape index (κ3) is 1.90. The number of hydrogen-bond acceptors (Lipinski definition) is 2. The molecule has 0 saturated carbocycles. The summed E-state index contributed by atoms with van der Waals surface area (Å²) in [4.78, 5) is 0. The Bertz CT molecular complexity index is 315. The van der Waals surface area contributed by atoms with Crippen LogP contribution in [0.4, 0.5) is 0 Å². The number of benzene rings is 1. The number of aromatic hydroxyl groups is 1. The Hall–Kier alpha value is -0.440. The summed E-state index contributed by atoms with van der Waals surface area (Å²) in [7, 11) is 0. The van der Waals surface area contributed by atoms with Gasteiger partial charge < -0.3 is 10.4 Å². The van der Waals surface area contributed by atoms with Gasteiger partial charge in [0.1, 0.15) is 5.75 Å². The SMILES string of the molecule is Cl.Oc1c(Cl)ccc2c1CCNC2. The highest BCUT2D eigenvalue weighted by atomic mass is 35.5. The van der Waals surface area contributed by atoms with E-state index in [9.17, 15) is 5.11 Å². The van der Waals surface area contributed by atoms with E-state index >= 15 is 0 Å². The lowest BCUT2D eigenvalue weighted by Gasteiger charge is -2.18. The molecule has 4 heteroatoms. The highest BCUT2D eigenvalue weighted by molar-refractivity contribution is 6.32. The van der Waals surface area contributed by atoms with E-state index in [1.54, 1.807) is 6.07 Å². The number of rotatable bonds is 0. The number of nitrogens with one attached hydrogen (secondary N) is 1. The predicted molar refractivity (Wildman–Crippen MR) is 55.8 cm³/mol. The number of phenolic OH excluding ortho intramolecular Hbond substituents is 1. The van der Waals surface area contributed by atoms with Gasteiger partial charge in [0, 0.05) is 12.1 Å². The molecule has 0 saturated heterocycles. The fourth-order valence-corrected chi connectivity index (χ4v) is 1.71. The molecule has 72 valence electrons. The number of fused-ring (bicyclic) bond motifs is 1. The Kier molecular flexibility index (Phi) is 3.42. The molecule has 0 aliphatic carbocycles. The van der Waals surface area contributed by atoms with Crippen LogP contribution in [0.25, 0.3) is 0 Å². The summed E-state index contributed by atoms with van der Waals surface area (Å²) in [6.45, 7) is 1.75. The Morgan fingerprint density at radius 1 is 1.38 bits per heavy atom. The van der Waals surface area contributed by atoms with Gasteiger partial charge in [-0.3, -0.25) is 0 Å². The van der Waals surface area contributed by atoms with Crippen LogP contribution < -0.4 is 5.32 Å². The first kappa shape index (κ1) is 10.6. The minimum Gasteiger partial charge on any atom is -0.506 e. The van der Waals surface area contributed by atoms with E-state index in [1.807, 2.05) is 6.07 Å². The average molecular weight is 220 g/mol. The molecule has 0 amide bonds. The van der Waals surface area contributed by atoms with Crippen molar-refractivity contribution in [3.8, 4) is 5.75 Å². The molecule has 2 N–H and O–H groups in total. The summed E-state index contributed by atoms with van der Waals surface area (Å²) in [5.41, 5.74) is 2.16. The lowest BCUT2D eigenvalue weighted by Crippen LogP contribution is -2.23. The molecule has 13 heavy (non-hydrogen) atoms. The smallest absolute Gasteiger partial charge is 0.137 e. The average Bonchev–Trinajstić information content (AvgIpc) is 2.12. The molecule has 0 fully saturated rings. The lowest BCUT2D eigenvalue weighted by atomic mass is 10.0. The summed E-state index contributed by atoms with van der Waals surface area (Å²) < 4.78 is 0. The van der Waals surface area contributed by atoms with E-state index in [2.05, 4.69) is 5.32 Å². The van der Waals surface area contributed by atoms with Crippen LogP contribution >= 0.6 is 24.0 Å². The van der Waals surface area contributed by atoms with E-state index in [0.29, 0.717) is 5.02 Å². The number of halogens is 2. The Morgan fingerprint density at radius 2 is 2.15 bits per heavy atom. The number of hydrogen-bond donors (Lipinski definition) is 2. The van der Waals surface area contributed by atoms with Gasteiger partial charge >= 0.3 is 0 Å². The maximum absolute atomic E-state index is 9.58. The quantitative estimate of drug-likeness (QED) is 0.701. The molecule has 1 aliphatic heterocycles. The van der Waals surface area contributed by atoms with Crippen molar-refractivity contribution in [2.75, 3.05) is 6.54 Å². The lowest BCUT2D eigenvalue weighted by molar-refractivity contribution is 0.461. The molecule has 1 aromatic rings. The van der Waals surface area contributed by atoms with Crippen molar-refractivity contribution in [1.29, 1.82) is 0 Å². The minimum absolute atomic E-state index is 0. The van der Waals surface area contributed by atoms with Crippen molar-refractivity contribution >= 4 is 24.0 Å². The Balaban J connectivity index is 0.000000845. The standard InChI is InChI=1S/C9H10ClNO.ClH/c10-8-2-1-6-5-11-4-3-7(6)9(8)12;/h1-2,11-12H,3-5H2;1H. The third-order valence-corrected chi connectivity index (χ3v) is 2.50. The second kappa shape index (κ2) is 4.18. The van der Waals surface area contributed by atoms with Gasteiger partial charge in [0.2, 0.25) is 0 Å². The molecule has 0 spiro atoms. The summed E-state index contributed by atoms with van der Waals surface area (Å²) in [5.74, 6) is 0.260. The van der Waals surface area contributed by atoms with Crippen molar-refractivity contribution in [3.63, 3.8) is 0 Å². The van der Waals surface area contributed by atoms with E-state index in [-0.39, 0.29) is 18.2 Å². The zero-order chi connectivity index (χ0) is 8.55. The van der Waals surface area contributed by atoms with Gasteiger partial charge in [-0.25, -0.2) is 0 Å². The molecule has 0 unspecified atom stereocenters. The summed E-state index contributed by atoms with van der Waals surface area (Å²) >= 11 is 5.78. The van der Waals surface area contributed by atoms with Crippen molar-refractivity contribution in [1.82, 2.24) is 5.32 Å². The van der Waals surface area contributed by atoms with Gasteiger partial charge in [0.25, 0.3) is 0 Å². The largest absolute Gasteiger partial charge is 0.506 e. The molecule has 0 atom stereocenters. The minimum atomic E-state index is 0. The van der Waals surface area contributed by atoms with Crippen LogP contribution in [0.3, 0.4) is 0 Å². The monoisotopic (exact) mass is 219 g/mol. The predicted octanol–water partition coefficient (Wildman–Crippen LogP) is 2.11.